The Morgan fingerprint density at radius 1 is 1.10 bits per heavy atom. The summed E-state index contributed by atoms with van der Waals surface area (Å²) < 4.78 is 45.7. The first-order chi connectivity index (χ1) is 14.2. The summed E-state index contributed by atoms with van der Waals surface area (Å²) in [5, 5.41) is 6.22. The minimum absolute atomic E-state index is 0.00451. The Kier molecular flexibility index (Phi) is 6.63. The van der Waals surface area contributed by atoms with Crippen molar-refractivity contribution in [3.05, 3.63) is 41.6 Å². The summed E-state index contributed by atoms with van der Waals surface area (Å²) in [4.78, 5) is 21.0. The van der Waals surface area contributed by atoms with Crippen LogP contribution in [0.2, 0.25) is 0 Å². The molecular weight excluding hydrogens is 401 g/mol. The van der Waals surface area contributed by atoms with E-state index in [1.807, 2.05) is 6.92 Å². The molecule has 7 nitrogen and oxygen atoms in total. The third-order valence-corrected chi connectivity index (χ3v) is 4.86. The summed E-state index contributed by atoms with van der Waals surface area (Å²) in [7, 11) is 1.56. The molecule has 0 unspecified atom stereocenters. The lowest BCUT2D eigenvalue weighted by Gasteiger charge is -2.29. The van der Waals surface area contributed by atoms with Gasteiger partial charge in [0.25, 0.3) is 5.91 Å². The number of hydrogen-bond acceptors (Lipinski definition) is 6. The van der Waals surface area contributed by atoms with Gasteiger partial charge < -0.3 is 20.1 Å². The van der Waals surface area contributed by atoms with Crippen LogP contribution >= 0.6 is 0 Å². The minimum atomic E-state index is -4.76. The number of amides is 1. The Balaban J connectivity index is 1.48. The van der Waals surface area contributed by atoms with Gasteiger partial charge in [-0.25, -0.2) is 4.98 Å². The number of methoxy groups -OCH3 is 1. The third-order valence-electron chi connectivity index (χ3n) is 4.86. The molecule has 2 aromatic rings. The molecule has 0 saturated heterocycles. The maximum absolute atomic E-state index is 12.4. The van der Waals surface area contributed by atoms with E-state index < -0.39 is 6.36 Å². The van der Waals surface area contributed by atoms with Gasteiger partial charge in [0.05, 0.1) is 7.11 Å². The van der Waals surface area contributed by atoms with E-state index in [0.717, 1.165) is 43.4 Å². The molecule has 1 fully saturated rings. The summed E-state index contributed by atoms with van der Waals surface area (Å²) in [5.41, 5.74) is 1.14. The van der Waals surface area contributed by atoms with E-state index >= 15 is 0 Å². The van der Waals surface area contributed by atoms with Gasteiger partial charge in [-0.05, 0) is 56.9 Å². The number of anilines is 1. The summed E-state index contributed by atoms with van der Waals surface area (Å²) in [6.45, 7) is 1.87. The Morgan fingerprint density at radius 2 is 1.73 bits per heavy atom. The van der Waals surface area contributed by atoms with Crippen LogP contribution in [0.5, 0.6) is 11.6 Å². The number of aryl methyl sites for hydroxylation is 1. The van der Waals surface area contributed by atoms with Crippen LogP contribution in [0.4, 0.5) is 19.1 Å². The first kappa shape index (κ1) is 21.7. The number of nitrogens with zero attached hydrogens (tertiary/aromatic N) is 2. The lowest BCUT2D eigenvalue weighted by atomic mass is 9.91. The predicted octanol–water partition coefficient (Wildman–Crippen LogP) is 3.85. The van der Waals surface area contributed by atoms with E-state index in [-0.39, 0.29) is 29.3 Å². The highest BCUT2D eigenvalue weighted by Gasteiger charge is 2.31. The molecule has 0 bridgehead atoms. The molecule has 1 aromatic heterocycles. The van der Waals surface area contributed by atoms with Gasteiger partial charge in [-0.3, -0.25) is 4.79 Å². The quantitative estimate of drug-likeness (QED) is 0.733. The number of aromatic nitrogens is 2. The van der Waals surface area contributed by atoms with Crippen LogP contribution in [0.25, 0.3) is 0 Å². The fourth-order valence-electron chi connectivity index (χ4n) is 3.34. The summed E-state index contributed by atoms with van der Waals surface area (Å²) in [6.07, 6.45) is 0.116. The predicted molar refractivity (Wildman–Crippen MR) is 104 cm³/mol. The highest BCUT2D eigenvalue weighted by Crippen LogP contribution is 2.24. The largest absolute Gasteiger partial charge is 0.573 e. The fraction of sp³-hybridized carbons (Fsp3) is 0.450. The molecule has 0 aliphatic heterocycles. The summed E-state index contributed by atoms with van der Waals surface area (Å²) in [5.74, 6) is 0.350. The van der Waals surface area contributed by atoms with Gasteiger partial charge in [-0.15, -0.1) is 13.2 Å². The minimum Gasteiger partial charge on any atom is -0.481 e. The lowest BCUT2D eigenvalue weighted by Crippen LogP contribution is -2.40. The molecule has 1 heterocycles. The van der Waals surface area contributed by atoms with Crippen LogP contribution in [0.15, 0.2) is 30.5 Å². The smallest absolute Gasteiger partial charge is 0.481 e. The molecule has 30 heavy (non-hydrogen) atoms. The number of halogens is 3. The van der Waals surface area contributed by atoms with Crippen molar-refractivity contribution in [1.29, 1.82) is 0 Å². The van der Waals surface area contributed by atoms with Crippen molar-refractivity contribution in [2.75, 3.05) is 12.4 Å². The number of nitrogens with one attached hydrogen (secondary N) is 2. The van der Waals surface area contributed by atoms with Crippen LogP contribution in [0.1, 0.15) is 41.6 Å². The second-order valence-corrected chi connectivity index (χ2v) is 7.12. The zero-order chi connectivity index (χ0) is 21.7. The van der Waals surface area contributed by atoms with Crippen LogP contribution in [0, 0.1) is 6.92 Å². The highest BCUT2D eigenvalue weighted by molar-refractivity contribution is 5.94. The molecule has 1 aliphatic carbocycles. The van der Waals surface area contributed by atoms with Gasteiger partial charge in [0.15, 0.2) is 0 Å². The molecule has 0 atom stereocenters. The number of ether oxygens (including phenoxy) is 2. The Hall–Kier alpha value is -3.04. The second kappa shape index (κ2) is 9.19. The van der Waals surface area contributed by atoms with E-state index in [1.54, 1.807) is 13.3 Å². The third kappa shape index (κ3) is 5.98. The van der Waals surface area contributed by atoms with Crippen LogP contribution < -0.4 is 20.1 Å². The topological polar surface area (TPSA) is 85.4 Å². The molecular formula is C20H23F3N4O3. The first-order valence-corrected chi connectivity index (χ1v) is 9.54. The number of hydrogen-bond donors (Lipinski definition) is 2. The standard InChI is InChI=1S/C20H23F3N4O3/c1-12-11-24-19(27-18(12)29-2)26-15-7-5-14(6-8-15)25-17(28)13-3-9-16(10-4-13)30-20(21,22)23/h3-4,9-11,14-15H,5-8H2,1-2H3,(H,25,28)(H,24,26,27)/t14-,15+. The number of alkyl halides is 3. The molecule has 3 rings (SSSR count). The molecule has 10 heteroatoms. The maximum atomic E-state index is 12.4. The molecule has 1 saturated carbocycles. The zero-order valence-electron chi connectivity index (χ0n) is 16.6. The van der Waals surface area contributed by atoms with Crippen molar-refractivity contribution in [2.24, 2.45) is 0 Å². The Labute approximate surface area is 172 Å². The fourth-order valence-corrected chi connectivity index (χ4v) is 3.34. The van der Waals surface area contributed by atoms with E-state index in [0.29, 0.717) is 11.8 Å². The van der Waals surface area contributed by atoms with Crippen molar-refractivity contribution < 1.29 is 27.4 Å². The molecule has 0 radical (unpaired) electrons. The number of carbonyl (C=O) groups is 1. The van der Waals surface area contributed by atoms with Gasteiger partial charge >= 0.3 is 6.36 Å². The van der Waals surface area contributed by atoms with Crippen molar-refractivity contribution in [3.8, 4) is 11.6 Å². The van der Waals surface area contributed by atoms with Crippen molar-refractivity contribution >= 4 is 11.9 Å². The lowest BCUT2D eigenvalue weighted by molar-refractivity contribution is -0.274. The van der Waals surface area contributed by atoms with Crippen molar-refractivity contribution in [1.82, 2.24) is 15.3 Å². The number of carbonyl (C=O) groups excluding carboxylic acids is 1. The summed E-state index contributed by atoms with van der Waals surface area (Å²) >= 11 is 0. The van der Waals surface area contributed by atoms with Crippen molar-refractivity contribution in [2.45, 2.75) is 51.1 Å². The molecule has 162 valence electrons. The Morgan fingerprint density at radius 3 is 2.33 bits per heavy atom. The number of rotatable bonds is 6. The number of benzene rings is 1. The SMILES string of the molecule is COc1nc(N[C@H]2CC[C@@H](NC(=O)c3ccc(OC(F)(F)F)cc3)CC2)ncc1C. The van der Waals surface area contributed by atoms with Gasteiger partial charge in [-0.2, -0.15) is 4.98 Å². The monoisotopic (exact) mass is 424 g/mol. The zero-order valence-corrected chi connectivity index (χ0v) is 16.6. The average Bonchev–Trinajstić information content (AvgIpc) is 2.70. The van der Waals surface area contributed by atoms with Crippen LogP contribution in [0.3, 0.4) is 0 Å². The van der Waals surface area contributed by atoms with E-state index in [1.165, 1.54) is 12.1 Å². The molecule has 1 aliphatic rings. The molecule has 1 aromatic carbocycles. The van der Waals surface area contributed by atoms with Crippen LogP contribution in [-0.4, -0.2) is 41.4 Å². The molecule has 2 N–H and O–H groups in total. The van der Waals surface area contributed by atoms with Crippen molar-refractivity contribution in [3.63, 3.8) is 0 Å². The van der Waals surface area contributed by atoms with Crippen LogP contribution in [-0.2, 0) is 0 Å². The van der Waals surface area contributed by atoms with E-state index in [2.05, 4.69) is 25.3 Å². The average molecular weight is 424 g/mol. The molecule has 1 amide bonds. The first-order valence-electron chi connectivity index (χ1n) is 9.54. The van der Waals surface area contributed by atoms with E-state index in [4.69, 9.17) is 4.74 Å². The maximum Gasteiger partial charge on any atom is 0.573 e. The summed E-state index contributed by atoms with van der Waals surface area (Å²) in [6, 6.07) is 5.05. The Bertz CT molecular complexity index is 867. The van der Waals surface area contributed by atoms with Gasteiger partial charge in [0.2, 0.25) is 11.8 Å². The second-order valence-electron chi connectivity index (χ2n) is 7.12. The van der Waals surface area contributed by atoms with E-state index in [9.17, 15) is 18.0 Å². The van der Waals surface area contributed by atoms with Gasteiger partial charge in [0, 0.05) is 29.4 Å². The normalized spacial score (nSPS) is 19.1. The van der Waals surface area contributed by atoms with Gasteiger partial charge in [-0.1, -0.05) is 0 Å². The molecule has 0 spiro atoms. The highest BCUT2D eigenvalue weighted by atomic mass is 19.4. The van der Waals surface area contributed by atoms with Gasteiger partial charge in [0.1, 0.15) is 5.75 Å².